The molecular weight excluding hydrogens is 337 g/mol. The lowest BCUT2D eigenvalue weighted by atomic mass is 9.88. The molecule has 0 radical (unpaired) electrons. The second-order valence-electron chi connectivity index (χ2n) is 7.13. The SMILES string of the molecule is C[C@@H](O)[C@@]1(c2ccc(Cl)c(Cl)c2)CC1CNC(=O)OC(C)(C)C. The maximum atomic E-state index is 11.8. The van der Waals surface area contributed by atoms with Gasteiger partial charge in [-0.3, -0.25) is 0 Å². The molecule has 0 spiro atoms. The normalized spacial score (nSPS) is 24.9. The van der Waals surface area contributed by atoms with Crippen LogP contribution in [0, 0.1) is 5.92 Å². The molecule has 0 aromatic heterocycles. The standard InChI is InChI=1S/C17H23Cl2NO3/c1-10(21)17(11-5-6-13(18)14(19)7-11)8-12(17)9-20-15(22)23-16(2,3)4/h5-7,10,12,21H,8-9H2,1-4H3,(H,20,22)/t10-,12?,17-/m1/s1. The van der Waals surface area contributed by atoms with E-state index < -0.39 is 23.2 Å². The number of amides is 1. The Morgan fingerprint density at radius 2 is 2.09 bits per heavy atom. The molecule has 0 heterocycles. The first kappa shape index (κ1) is 18.4. The second kappa shape index (κ2) is 6.50. The summed E-state index contributed by atoms with van der Waals surface area (Å²) in [5, 5.41) is 14.0. The minimum Gasteiger partial charge on any atom is -0.444 e. The highest BCUT2D eigenvalue weighted by atomic mass is 35.5. The smallest absolute Gasteiger partial charge is 0.407 e. The fourth-order valence-electron chi connectivity index (χ4n) is 3.02. The van der Waals surface area contributed by atoms with Gasteiger partial charge in [-0.15, -0.1) is 0 Å². The van der Waals surface area contributed by atoms with Crippen LogP contribution in [0.5, 0.6) is 0 Å². The van der Waals surface area contributed by atoms with Crippen LogP contribution < -0.4 is 5.32 Å². The van der Waals surface area contributed by atoms with Gasteiger partial charge in [0, 0.05) is 12.0 Å². The van der Waals surface area contributed by atoms with Crippen molar-refractivity contribution in [2.75, 3.05) is 6.54 Å². The predicted octanol–water partition coefficient (Wildman–Crippen LogP) is 4.16. The first-order valence-corrected chi connectivity index (χ1v) is 8.42. The van der Waals surface area contributed by atoms with Crippen molar-refractivity contribution in [2.45, 2.75) is 51.2 Å². The second-order valence-corrected chi connectivity index (χ2v) is 7.94. The molecule has 0 aliphatic heterocycles. The van der Waals surface area contributed by atoms with E-state index in [0.717, 1.165) is 12.0 Å². The number of hydrogen-bond donors (Lipinski definition) is 2. The zero-order valence-electron chi connectivity index (χ0n) is 13.8. The Balaban J connectivity index is 2.05. The highest BCUT2D eigenvalue weighted by molar-refractivity contribution is 6.42. The molecule has 1 aliphatic carbocycles. The molecule has 2 rings (SSSR count). The number of carbonyl (C=O) groups excluding carboxylic acids is 1. The topological polar surface area (TPSA) is 58.6 Å². The van der Waals surface area contributed by atoms with E-state index in [4.69, 9.17) is 27.9 Å². The Morgan fingerprint density at radius 3 is 2.61 bits per heavy atom. The van der Waals surface area contributed by atoms with Gasteiger partial charge in [0.05, 0.1) is 16.1 Å². The monoisotopic (exact) mass is 359 g/mol. The van der Waals surface area contributed by atoms with Crippen molar-refractivity contribution in [3.63, 3.8) is 0 Å². The first-order chi connectivity index (χ1) is 10.6. The molecule has 3 atom stereocenters. The highest BCUT2D eigenvalue weighted by Crippen LogP contribution is 2.57. The number of aliphatic hydroxyl groups is 1. The summed E-state index contributed by atoms with van der Waals surface area (Å²) in [4.78, 5) is 11.8. The van der Waals surface area contributed by atoms with Crippen LogP contribution in [-0.2, 0) is 10.2 Å². The minimum absolute atomic E-state index is 0.132. The summed E-state index contributed by atoms with van der Waals surface area (Å²) in [6.45, 7) is 7.66. The third-order valence-electron chi connectivity index (χ3n) is 4.25. The lowest BCUT2D eigenvalue weighted by Crippen LogP contribution is -2.35. The number of nitrogens with one attached hydrogen (secondary N) is 1. The molecule has 1 fully saturated rings. The van der Waals surface area contributed by atoms with Gasteiger partial charge in [-0.2, -0.15) is 0 Å². The van der Waals surface area contributed by atoms with E-state index in [9.17, 15) is 9.90 Å². The van der Waals surface area contributed by atoms with Gasteiger partial charge in [-0.1, -0.05) is 29.3 Å². The van der Waals surface area contributed by atoms with Gasteiger partial charge >= 0.3 is 6.09 Å². The van der Waals surface area contributed by atoms with Crippen molar-refractivity contribution in [1.29, 1.82) is 0 Å². The number of aliphatic hydroxyl groups excluding tert-OH is 1. The van der Waals surface area contributed by atoms with Gasteiger partial charge in [0.1, 0.15) is 5.60 Å². The summed E-state index contributed by atoms with van der Waals surface area (Å²) >= 11 is 12.1. The van der Waals surface area contributed by atoms with Crippen LogP contribution in [0.1, 0.15) is 39.7 Å². The minimum atomic E-state index is -0.551. The molecule has 0 bridgehead atoms. The summed E-state index contributed by atoms with van der Waals surface area (Å²) in [5.41, 5.74) is 0.0139. The fraction of sp³-hybridized carbons (Fsp3) is 0.588. The number of hydrogen-bond acceptors (Lipinski definition) is 3. The summed E-state index contributed by atoms with van der Waals surface area (Å²) in [5.74, 6) is 0.132. The number of ether oxygens (including phenoxy) is 1. The molecule has 6 heteroatoms. The average molecular weight is 360 g/mol. The quantitative estimate of drug-likeness (QED) is 0.848. The largest absolute Gasteiger partial charge is 0.444 e. The van der Waals surface area contributed by atoms with Gasteiger partial charge in [-0.25, -0.2) is 4.79 Å². The lowest BCUT2D eigenvalue weighted by Gasteiger charge is -2.23. The van der Waals surface area contributed by atoms with E-state index in [1.807, 2.05) is 26.8 Å². The number of rotatable bonds is 4. The molecular formula is C17H23Cl2NO3. The van der Waals surface area contributed by atoms with E-state index >= 15 is 0 Å². The molecule has 0 saturated heterocycles. The molecule has 1 saturated carbocycles. The van der Waals surface area contributed by atoms with E-state index in [0.29, 0.717) is 16.6 Å². The van der Waals surface area contributed by atoms with E-state index in [-0.39, 0.29) is 5.92 Å². The Bertz CT molecular complexity index is 598. The summed E-state index contributed by atoms with van der Waals surface area (Å²) < 4.78 is 5.23. The van der Waals surface area contributed by atoms with Crippen molar-refractivity contribution in [1.82, 2.24) is 5.32 Å². The first-order valence-electron chi connectivity index (χ1n) is 7.66. The molecule has 2 N–H and O–H groups in total. The van der Waals surface area contributed by atoms with Gasteiger partial charge in [-0.05, 0) is 57.7 Å². The number of halogens is 2. The molecule has 1 unspecified atom stereocenters. The third kappa shape index (κ3) is 4.11. The zero-order chi connectivity index (χ0) is 17.4. The van der Waals surface area contributed by atoms with Crippen LogP contribution >= 0.6 is 23.2 Å². The van der Waals surface area contributed by atoms with Crippen molar-refractivity contribution < 1.29 is 14.6 Å². The van der Waals surface area contributed by atoms with Crippen LogP contribution in [-0.4, -0.2) is 29.4 Å². The highest BCUT2D eigenvalue weighted by Gasteiger charge is 2.58. The third-order valence-corrected chi connectivity index (χ3v) is 4.99. The predicted molar refractivity (Wildman–Crippen MR) is 92.2 cm³/mol. The summed E-state index contributed by atoms with van der Waals surface area (Å²) in [6, 6.07) is 5.42. The van der Waals surface area contributed by atoms with Crippen LogP contribution in [0.4, 0.5) is 4.79 Å². The maximum Gasteiger partial charge on any atom is 0.407 e. The number of alkyl carbamates (subject to hydrolysis) is 1. The van der Waals surface area contributed by atoms with E-state index in [1.165, 1.54) is 0 Å². The molecule has 4 nitrogen and oxygen atoms in total. The van der Waals surface area contributed by atoms with Gasteiger partial charge < -0.3 is 15.2 Å². The fourth-order valence-corrected chi connectivity index (χ4v) is 3.31. The van der Waals surface area contributed by atoms with Crippen LogP contribution in [0.2, 0.25) is 10.0 Å². The van der Waals surface area contributed by atoms with Crippen molar-refractivity contribution in [2.24, 2.45) is 5.92 Å². The molecule has 1 aromatic rings. The Hall–Kier alpha value is -0.970. The van der Waals surface area contributed by atoms with Gasteiger partial charge in [0.2, 0.25) is 0 Å². The zero-order valence-corrected chi connectivity index (χ0v) is 15.3. The Morgan fingerprint density at radius 1 is 1.43 bits per heavy atom. The van der Waals surface area contributed by atoms with Crippen LogP contribution in [0.15, 0.2) is 18.2 Å². The van der Waals surface area contributed by atoms with Crippen LogP contribution in [0.25, 0.3) is 0 Å². The van der Waals surface area contributed by atoms with E-state index in [1.54, 1.807) is 19.1 Å². The molecule has 1 amide bonds. The number of carbonyl (C=O) groups is 1. The van der Waals surface area contributed by atoms with Crippen molar-refractivity contribution in [3.8, 4) is 0 Å². The van der Waals surface area contributed by atoms with E-state index in [2.05, 4.69) is 5.32 Å². The Labute approximate surface area is 147 Å². The maximum absolute atomic E-state index is 11.8. The molecule has 1 aliphatic rings. The van der Waals surface area contributed by atoms with Gasteiger partial charge in [0.25, 0.3) is 0 Å². The average Bonchev–Trinajstić information content (AvgIpc) is 3.13. The summed E-state index contributed by atoms with van der Waals surface area (Å²) in [7, 11) is 0. The van der Waals surface area contributed by atoms with Crippen LogP contribution in [0.3, 0.4) is 0 Å². The molecule has 23 heavy (non-hydrogen) atoms. The van der Waals surface area contributed by atoms with Crippen molar-refractivity contribution >= 4 is 29.3 Å². The summed E-state index contributed by atoms with van der Waals surface area (Å²) in [6.07, 6.45) is -0.221. The molecule has 1 aromatic carbocycles. The Kier molecular flexibility index (Phi) is 5.19. The lowest BCUT2D eigenvalue weighted by molar-refractivity contribution is 0.0520. The van der Waals surface area contributed by atoms with Gasteiger partial charge in [0.15, 0.2) is 0 Å². The number of benzene rings is 1. The molecule has 128 valence electrons. The van der Waals surface area contributed by atoms with Crippen molar-refractivity contribution in [3.05, 3.63) is 33.8 Å².